The number of hydrogen-bond acceptors (Lipinski definition) is 3. The molecule has 0 aromatic heterocycles. The number of primary amides is 1. The predicted octanol–water partition coefficient (Wildman–Crippen LogP) is 1.54. The SMILES string of the molecule is NC(=O)CCOC1CCN(Cc2ccccc2)CC1. The third kappa shape index (κ3) is 5.01. The van der Waals surface area contributed by atoms with Gasteiger partial charge in [-0.1, -0.05) is 30.3 Å². The van der Waals surface area contributed by atoms with Gasteiger partial charge in [0.1, 0.15) is 0 Å². The van der Waals surface area contributed by atoms with Crippen LogP contribution in [0, 0.1) is 0 Å². The minimum Gasteiger partial charge on any atom is -0.378 e. The molecule has 0 saturated carbocycles. The number of rotatable bonds is 6. The number of carbonyl (C=O) groups excluding carboxylic acids is 1. The van der Waals surface area contributed by atoms with Gasteiger partial charge in [0.2, 0.25) is 5.91 Å². The average Bonchev–Trinajstić information content (AvgIpc) is 2.42. The number of amides is 1. The number of nitrogens with two attached hydrogens (primary N) is 1. The monoisotopic (exact) mass is 262 g/mol. The number of nitrogens with zero attached hydrogens (tertiary/aromatic N) is 1. The van der Waals surface area contributed by atoms with E-state index in [-0.39, 0.29) is 12.0 Å². The summed E-state index contributed by atoms with van der Waals surface area (Å²) in [6, 6.07) is 10.5. The van der Waals surface area contributed by atoms with E-state index < -0.39 is 0 Å². The maximum Gasteiger partial charge on any atom is 0.219 e. The largest absolute Gasteiger partial charge is 0.378 e. The van der Waals surface area contributed by atoms with Crippen LogP contribution in [0.4, 0.5) is 0 Å². The highest BCUT2D eigenvalue weighted by Gasteiger charge is 2.19. The van der Waals surface area contributed by atoms with E-state index in [4.69, 9.17) is 10.5 Å². The summed E-state index contributed by atoms with van der Waals surface area (Å²) >= 11 is 0. The molecule has 19 heavy (non-hydrogen) atoms. The molecule has 0 spiro atoms. The molecule has 1 fully saturated rings. The molecule has 1 saturated heterocycles. The van der Waals surface area contributed by atoms with Crippen molar-refractivity contribution in [3.8, 4) is 0 Å². The summed E-state index contributed by atoms with van der Waals surface area (Å²) in [6.07, 6.45) is 2.67. The Labute approximate surface area is 114 Å². The Bertz CT molecular complexity index is 386. The first-order valence-corrected chi connectivity index (χ1v) is 6.90. The van der Waals surface area contributed by atoms with E-state index in [9.17, 15) is 4.79 Å². The lowest BCUT2D eigenvalue weighted by molar-refractivity contribution is -0.119. The van der Waals surface area contributed by atoms with Gasteiger partial charge in [-0.05, 0) is 18.4 Å². The number of carbonyl (C=O) groups is 1. The summed E-state index contributed by atoms with van der Waals surface area (Å²) in [7, 11) is 0. The highest BCUT2D eigenvalue weighted by Crippen LogP contribution is 2.16. The van der Waals surface area contributed by atoms with Crippen LogP contribution in [-0.2, 0) is 16.1 Å². The van der Waals surface area contributed by atoms with Crippen LogP contribution in [0.25, 0.3) is 0 Å². The van der Waals surface area contributed by atoms with E-state index in [1.54, 1.807) is 0 Å². The number of hydrogen-bond donors (Lipinski definition) is 1. The molecule has 4 nitrogen and oxygen atoms in total. The van der Waals surface area contributed by atoms with Gasteiger partial charge in [0.15, 0.2) is 0 Å². The molecule has 1 aromatic rings. The highest BCUT2D eigenvalue weighted by molar-refractivity contribution is 5.73. The second kappa shape index (κ2) is 7.26. The molecular formula is C15H22N2O2. The Morgan fingerprint density at radius 3 is 2.58 bits per heavy atom. The van der Waals surface area contributed by atoms with Crippen LogP contribution in [0.3, 0.4) is 0 Å². The van der Waals surface area contributed by atoms with Crippen LogP contribution in [0.15, 0.2) is 30.3 Å². The van der Waals surface area contributed by atoms with Gasteiger partial charge in [-0.25, -0.2) is 0 Å². The number of piperidine rings is 1. The highest BCUT2D eigenvalue weighted by atomic mass is 16.5. The molecular weight excluding hydrogens is 240 g/mol. The first kappa shape index (κ1) is 14.0. The van der Waals surface area contributed by atoms with Gasteiger partial charge in [-0.15, -0.1) is 0 Å². The number of likely N-dealkylation sites (tertiary alicyclic amines) is 1. The van der Waals surface area contributed by atoms with Crippen molar-refractivity contribution >= 4 is 5.91 Å². The fraction of sp³-hybridized carbons (Fsp3) is 0.533. The Balaban J connectivity index is 1.66. The van der Waals surface area contributed by atoms with Gasteiger partial charge < -0.3 is 10.5 Å². The molecule has 0 unspecified atom stereocenters. The first-order valence-electron chi connectivity index (χ1n) is 6.90. The molecule has 1 heterocycles. The summed E-state index contributed by atoms with van der Waals surface area (Å²) in [4.78, 5) is 13.1. The molecule has 2 rings (SSSR count). The molecule has 0 atom stereocenters. The molecule has 2 N–H and O–H groups in total. The summed E-state index contributed by atoms with van der Waals surface area (Å²) in [5.41, 5.74) is 6.45. The number of ether oxygens (including phenoxy) is 1. The van der Waals surface area contributed by atoms with Gasteiger partial charge in [-0.3, -0.25) is 9.69 Å². The predicted molar refractivity (Wildman–Crippen MR) is 74.5 cm³/mol. The summed E-state index contributed by atoms with van der Waals surface area (Å²) in [6.45, 7) is 3.57. The summed E-state index contributed by atoms with van der Waals surface area (Å²) in [5, 5.41) is 0. The lowest BCUT2D eigenvalue weighted by atomic mass is 10.1. The van der Waals surface area contributed by atoms with Crippen molar-refractivity contribution in [3.05, 3.63) is 35.9 Å². The van der Waals surface area contributed by atoms with Gasteiger partial charge in [0, 0.05) is 26.1 Å². The van der Waals surface area contributed by atoms with Gasteiger partial charge in [-0.2, -0.15) is 0 Å². The molecule has 0 bridgehead atoms. The van der Waals surface area contributed by atoms with Crippen LogP contribution in [0.1, 0.15) is 24.8 Å². The van der Waals surface area contributed by atoms with E-state index in [1.165, 1.54) is 5.56 Å². The molecule has 0 aliphatic carbocycles. The van der Waals surface area contributed by atoms with Crippen molar-refractivity contribution in [2.45, 2.75) is 31.9 Å². The normalized spacial score (nSPS) is 17.5. The molecule has 1 aliphatic heterocycles. The zero-order valence-corrected chi connectivity index (χ0v) is 11.3. The van der Waals surface area contributed by atoms with Crippen molar-refractivity contribution in [2.24, 2.45) is 5.73 Å². The third-order valence-corrected chi connectivity index (χ3v) is 3.49. The van der Waals surface area contributed by atoms with Gasteiger partial charge in [0.25, 0.3) is 0 Å². The van der Waals surface area contributed by atoms with E-state index in [0.29, 0.717) is 13.0 Å². The second-order valence-electron chi connectivity index (χ2n) is 5.05. The fourth-order valence-electron chi connectivity index (χ4n) is 2.40. The van der Waals surface area contributed by atoms with E-state index in [0.717, 1.165) is 32.5 Å². The van der Waals surface area contributed by atoms with Crippen molar-refractivity contribution in [1.82, 2.24) is 4.90 Å². The first-order chi connectivity index (χ1) is 9.24. The lowest BCUT2D eigenvalue weighted by Crippen LogP contribution is -2.36. The van der Waals surface area contributed by atoms with Crippen LogP contribution in [-0.4, -0.2) is 36.6 Å². The van der Waals surface area contributed by atoms with Crippen LogP contribution in [0.5, 0.6) is 0 Å². The Kier molecular flexibility index (Phi) is 5.36. The lowest BCUT2D eigenvalue weighted by Gasteiger charge is -2.31. The van der Waals surface area contributed by atoms with Gasteiger partial charge in [0.05, 0.1) is 12.7 Å². The summed E-state index contributed by atoms with van der Waals surface area (Å²) in [5.74, 6) is -0.290. The van der Waals surface area contributed by atoms with Crippen molar-refractivity contribution in [2.75, 3.05) is 19.7 Å². The second-order valence-corrected chi connectivity index (χ2v) is 5.05. The average molecular weight is 262 g/mol. The molecule has 0 radical (unpaired) electrons. The Morgan fingerprint density at radius 1 is 1.26 bits per heavy atom. The molecule has 104 valence electrons. The topological polar surface area (TPSA) is 55.6 Å². The van der Waals surface area contributed by atoms with E-state index in [1.807, 2.05) is 6.07 Å². The van der Waals surface area contributed by atoms with Crippen molar-refractivity contribution < 1.29 is 9.53 Å². The Hall–Kier alpha value is -1.39. The standard InChI is InChI=1S/C15H22N2O2/c16-15(18)8-11-19-14-6-9-17(10-7-14)12-13-4-2-1-3-5-13/h1-5,14H,6-12H2,(H2,16,18). The van der Waals surface area contributed by atoms with E-state index in [2.05, 4.69) is 29.2 Å². The van der Waals surface area contributed by atoms with Crippen molar-refractivity contribution in [1.29, 1.82) is 0 Å². The quantitative estimate of drug-likeness (QED) is 0.846. The van der Waals surface area contributed by atoms with E-state index >= 15 is 0 Å². The molecule has 1 aromatic carbocycles. The Morgan fingerprint density at radius 2 is 1.95 bits per heavy atom. The van der Waals surface area contributed by atoms with Gasteiger partial charge >= 0.3 is 0 Å². The maximum atomic E-state index is 10.6. The van der Waals surface area contributed by atoms with Crippen molar-refractivity contribution in [3.63, 3.8) is 0 Å². The minimum atomic E-state index is -0.290. The van der Waals surface area contributed by atoms with Crippen LogP contribution >= 0.6 is 0 Å². The zero-order chi connectivity index (χ0) is 13.5. The van der Waals surface area contributed by atoms with Crippen LogP contribution < -0.4 is 5.73 Å². The van der Waals surface area contributed by atoms with Crippen LogP contribution in [0.2, 0.25) is 0 Å². The maximum absolute atomic E-state index is 10.6. The minimum absolute atomic E-state index is 0.284. The molecule has 4 heteroatoms. The number of benzene rings is 1. The zero-order valence-electron chi connectivity index (χ0n) is 11.3. The molecule has 1 amide bonds. The fourth-order valence-corrected chi connectivity index (χ4v) is 2.40. The summed E-state index contributed by atoms with van der Waals surface area (Å²) < 4.78 is 5.66. The molecule has 1 aliphatic rings. The smallest absolute Gasteiger partial charge is 0.219 e. The third-order valence-electron chi connectivity index (χ3n) is 3.49.